The van der Waals surface area contributed by atoms with Gasteiger partial charge in [0.05, 0.1) is 17.4 Å². The summed E-state index contributed by atoms with van der Waals surface area (Å²) < 4.78 is 1.75. The molecule has 2 N–H and O–H groups in total. The van der Waals surface area contributed by atoms with Crippen LogP contribution in [0, 0.1) is 0 Å². The monoisotopic (exact) mass is 388 g/mol. The SMILES string of the molecule is O=C(O)N1CCC(c2ccc(-n3cc(-c4n[nH]c5ccccc45)nn3)cc2)CC1. The highest BCUT2D eigenvalue weighted by atomic mass is 16.4. The average molecular weight is 388 g/mol. The van der Waals surface area contributed by atoms with Crippen LogP contribution in [0.15, 0.2) is 54.7 Å². The highest BCUT2D eigenvalue weighted by Gasteiger charge is 2.23. The molecule has 5 rings (SSSR count). The zero-order chi connectivity index (χ0) is 19.8. The first kappa shape index (κ1) is 17.4. The molecule has 0 aliphatic carbocycles. The molecule has 0 spiro atoms. The Labute approximate surface area is 166 Å². The number of aromatic nitrogens is 5. The average Bonchev–Trinajstić information content (AvgIpc) is 3.41. The lowest BCUT2D eigenvalue weighted by Crippen LogP contribution is -2.36. The van der Waals surface area contributed by atoms with E-state index in [1.54, 1.807) is 4.68 Å². The first-order chi connectivity index (χ1) is 14.2. The number of H-pyrrole nitrogens is 1. The Morgan fingerprint density at radius 3 is 2.59 bits per heavy atom. The highest BCUT2D eigenvalue weighted by Crippen LogP contribution is 2.29. The summed E-state index contributed by atoms with van der Waals surface area (Å²) in [6, 6.07) is 16.2. The van der Waals surface area contributed by atoms with Crippen molar-refractivity contribution in [3.63, 3.8) is 0 Å². The van der Waals surface area contributed by atoms with Gasteiger partial charge in [0.2, 0.25) is 0 Å². The van der Waals surface area contributed by atoms with Gasteiger partial charge in [-0.05, 0) is 42.5 Å². The molecule has 1 saturated heterocycles. The highest BCUT2D eigenvalue weighted by molar-refractivity contribution is 5.91. The van der Waals surface area contributed by atoms with E-state index in [9.17, 15) is 4.79 Å². The predicted octanol–water partition coefficient (Wildman–Crippen LogP) is 3.67. The molecule has 29 heavy (non-hydrogen) atoms. The van der Waals surface area contributed by atoms with Gasteiger partial charge >= 0.3 is 6.09 Å². The van der Waals surface area contributed by atoms with E-state index in [4.69, 9.17) is 5.11 Å². The standard InChI is InChI=1S/C21H20N6O2/c28-21(29)26-11-9-15(10-12-26)14-5-7-16(8-6-14)27-13-19(23-25-27)20-17-3-1-2-4-18(17)22-24-20/h1-8,13,15H,9-12H2,(H,22,24)(H,28,29). The predicted molar refractivity (Wildman–Crippen MR) is 108 cm³/mol. The molecule has 3 heterocycles. The molecule has 8 heteroatoms. The number of fused-ring (bicyclic) bond motifs is 1. The number of hydrogen-bond donors (Lipinski definition) is 2. The number of carbonyl (C=O) groups is 1. The number of aromatic amines is 1. The number of hydrogen-bond acceptors (Lipinski definition) is 4. The topological polar surface area (TPSA) is 99.9 Å². The van der Waals surface area contributed by atoms with Crippen LogP contribution in [0.2, 0.25) is 0 Å². The Morgan fingerprint density at radius 2 is 1.83 bits per heavy atom. The number of rotatable bonds is 3. The van der Waals surface area contributed by atoms with Gasteiger partial charge in [0.15, 0.2) is 0 Å². The number of para-hydroxylation sites is 1. The van der Waals surface area contributed by atoms with Gasteiger partial charge in [0, 0.05) is 18.5 Å². The molecule has 4 aromatic rings. The van der Waals surface area contributed by atoms with Gasteiger partial charge in [-0.2, -0.15) is 5.10 Å². The minimum absolute atomic E-state index is 0.390. The van der Waals surface area contributed by atoms with Crippen LogP contribution in [0.25, 0.3) is 28.0 Å². The zero-order valence-electron chi connectivity index (χ0n) is 15.7. The van der Waals surface area contributed by atoms with Crippen molar-refractivity contribution in [1.82, 2.24) is 30.1 Å². The summed E-state index contributed by atoms with van der Waals surface area (Å²) in [7, 11) is 0. The van der Waals surface area contributed by atoms with Crippen molar-refractivity contribution < 1.29 is 9.90 Å². The lowest BCUT2D eigenvalue weighted by atomic mass is 9.89. The van der Waals surface area contributed by atoms with Crippen LogP contribution in [0.5, 0.6) is 0 Å². The van der Waals surface area contributed by atoms with Gasteiger partial charge in [-0.3, -0.25) is 5.10 Å². The van der Waals surface area contributed by atoms with E-state index in [1.165, 1.54) is 10.5 Å². The van der Waals surface area contributed by atoms with E-state index in [0.717, 1.165) is 35.1 Å². The summed E-state index contributed by atoms with van der Waals surface area (Å²) in [5.74, 6) is 0.390. The number of nitrogens with one attached hydrogen (secondary N) is 1. The summed E-state index contributed by atoms with van der Waals surface area (Å²) in [5, 5.41) is 26.1. The van der Waals surface area contributed by atoms with E-state index < -0.39 is 6.09 Å². The van der Waals surface area contributed by atoms with E-state index in [2.05, 4.69) is 32.6 Å². The summed E-state index contributed by atoms with van der Waals surface area (Å²) in [5.41, 5.74) is 4.63. The maximum atomic E-state index is 11.1. The number of benzene rings is 2. The summed E-state index contributed by atoms with van der Waals surface area (Å²) in [4.78, 5) is 12.5. The summed E-state index contributed by atoms with van der Waals surface area (Å²) >= 11 is 0. The van der Waals surface area contributed by atoms with Crippen LogP contribution in [0.3, 0.4) is 0 Å². The van der Waals surface area contributed by atoms with E-state index >= 15 is 0 Å². The van der Waals surface area contributed by atoms with Crippen LogP contribution in [-0.2, 0) is 0 Å². The molecule has 1 aliphatic rings. The molecule has 2 aromatic heterocycles. The molecule has 1 amide bonds. The minimum atomic E-state index is -0.828. The van der Waals surface area contributed by atoms with Crippen molar-refractivity contribution in [1.29, 1.82) is 0 Å². The van der Waals surface area contributed by atoms with Gasteiger partial charge in [0.25, 0.3) is 0 Å². The lowest BCUT2D eigenvalue weighted by Gasteiger charge is -2.30. The molecule has 0 atom stereocenters. The molecule has 2 aromatic carbocycles. The molecule has 0 radical (unpaired) electrons. The van der Waals surface area contributed by atoms with Gasteiger partial charge < -0.3 is 10.0 Å². The van der Waals surface area contributed by atoms with Crippen molar-refractivity contribution in [3.8, 4) is 17.1 Å². The van der Waals surface area contributed by atoms with Gasteiger partial charge in [-0.15, -0.1) is 5.10 Å². The molecule has 8 nitrogen and oxygen atoms in total. The fraction of sp³-hybridized carbons (Fsp3) is 0.238. The fourth-order valence-electron chi connectivity index (χ4n) is 3.96. The molecular formula is C21H20N6O2. The second-order valence-corrected chi connectivity index (χ2v) is 7.30. The quantitative estimate of drug-likeness (QED) is 0.558. The summed E-state index contributed by atoms with van der Waals surface area (Å²) in [6.45, 7) is 1.18. The van der Waals surface area contributed by atoms with Gasteiger partial charge in [0.1, 0.15) is 11.4 Å². The Kier molecular flexibility index (Phi) is 4.23. The number of likely N-dealkylation sites (tertiary alicyclic amines) is 1. The Bertz CT molecular complexity index is 1160. The van der Waals surface area contributed by atoms with E-state index in [-0.39, 0.29) is 0 Å². The van der Waals surface area contributed by atoms with Crippen LogP contribution in [-0.4, -0.2) is 54.4 Å². The van der Waals surface area contributed by atoms with Crippen LogP contribution >= 0.6 is 0 Å². The van der Waals surface area contributed by atoms with Crippen LogP contribution < -0.4 is 0 Å². The number of carboxylic acid groups (broad SMARTS) is 1. The minimum Gasteiger partial charge on any atom is -0.465 e. The molecule has 1 fully saturated rings. The second-order valence-electron chi connectivity index (χ2n) is 7.30. The lowest BCUT2D eigenvalue weighted by molar-refractivity contribution is 0.132. The third kappa shape index (κ3) is 3.22. The van der Waals surface area contributed by atoms with Gasteiger partial charge in [-0.25, -0.2) is 9.48 Å². The van der Waals surface area contributed by atoms with E-state index in [1.807, 2.05) is 42.6 Å². The Hall–Kier alpha value is -3.68. The maximum absolute atomic E-state index is 11.1. The Balaban J connectivity index is 1.34. The number of amides is 1. The zero-order valence-corrected chi connectivity index (χ0v) is 15.7. The van der Waals surface area contributed by atoms with Crippen molar-refractivity contribution in [2.24, 2.45) is 0 Å². The molecule has 146 valence electrons. The van der Waals surface area contributed by atoms with Crippen LogP contribution in [0.1, 0.15) is 24.3 Å². The third-order valence-electron chi connectivity index (χ3n) is 5.60. The third-order valence-corrected chi connectivity index (χ3v) is 5.60. The first-order valence-electron chi connectivity index (χ1n) is 9.63. The fourth-order valence-corrected chi connectivity index (χ4v) is 3.96. The Morgan fingerprint density at radius 1 is 1.07 bits per heavy atom. The number of piperidine rings is 1. The molecule has 0 saturated carbocycles. The summed E-state index contributed by atoms with van der Waals surface area (Å²) in [6.07, 6.45) is 2.75. The van der Waals surface area contributed by atoms with Crippen molar-refractivity contribution in [2.75, 3.05) is 13.1 Å². The van der Waals surface area contributed by atoms with Crippen LogP contribution in [0.4, 0.5) is 4.79 Å². The maximum Gasteiger partial charge on any atom is 0.407 e. The number of nitrogens with zero attached hydrogens (tertiary/aromatic N) is 5. The smallest absolute Gasteiger partial charge is 0.407 e. The van der Waals surface area contributed by atoms with Gasteiger partial charge in [-0.1, -0.05) is 35.5 Å². The van der Waals surface area contributed by atoms with E-state index in [0.29, 0.717) is 24.7 Å². The second kappa shape index (κ2) is 7.05. The van der Waals surface area contributed by atoms with Crippen molar-refractivity contribution in [3.05, 3.63) is 60.3 Å². The molecule has 0 bridgehead atoms. The molecule has 1 aliphatic heterocycles. The molecule has 0 unspecified atom stereocenters. The van der Waals surface area contributed by atoms with Crippen molar-refractivity contribution in [2.45, 2.75) is 18.8 Å². The first-order valence-corrected chi connectivity index (χ1v) is 9.63. The molecular weight excluding hydrogens is 368 g/mol. The normalized spacial score (nSPS) is 15.1. The largest absolute Gasteiger partial charge is 0.465 e. The van der Waals surface area contributed by atoms with Crippen molar-refractivity contribution >= 4 is 17.0 Å².